The summed E-state index contributed by atoms with van der Waals surface area (Å²) in [5.41, 5.74) is 6.12. The standard InChI is InChI=1S/C12H22FN3/c1-5-10-6-11(16(4)15-10)7-12(13,8-14)9(2)3/h6,9H,5,7-8,14H2,1-4H3. The summed E-state index contributed by atoms with van der Waals surface area (Å²) in [5.74, 6) is -0.0857. The van der Waals surface area contributed by atoms with Crippen LogP contribution < -0.4 is 5.73 Å². The Kier molecular flexibility index (Phi) is 4.08. The smallest absolute Gasteiger partial charge is 0.130 e. The van der Waals surface area contributed by atoms with E-state index in [1.165, 1.54) is 0 Å². The Bertz CT molecular complexity index is 346. The maximum atomic E-state index is 14.5. The molecule has 0 fully saturated rings. The van der Waals surface area contributed by atoms with Gasteiger partial charge in [-0.25, -0.2) is 4.39 Å². The van der Waals surface area contributed by atoms with Crippen molar-refractivity contribution < 1.29 is 4.39 Å². The summed E-state index contributed by atoms with van der Waals surface area (Å²) < 4.78 is 16.2. The van der Waals surface area contributed by atoms with E-state index < -0.39 is 5.67 Å². The maximum absolute atomic E-state index is 14.5. The van der Waals surface area contributed by atoms with Gasteiger partial charge in [-0.15, -0.1) is 0 Å². The zero-order chi connectivity index (χ0) is 12.3. The normalized spacial score (nSPS) is 15.4. The molecule has 1 aromatic heterocycles. The molecule has 0 amide bonds. The molecule has 1 rings (SSSR count). The van der Waals surface area contributed by atoms with E-state index in [1.807, 2.05) is 33.9 Å². The molecular weight excluding hydrogens is 205 g/mol. The molecule has 0 saturated carbocycles. The first kappa shape index (κ1) is 13.2. The number of halogens is 1. The van der Waals surface area contributed by atoms with E-state index in [1.54, 1.807) is 4.68 Å². The molecule has 0 aromatic carbocycles. The zero-order valence-electron chi connectivity index (χ0n) is 10.6. The molecule has 92 valence electrons. The fourth-order valence-corrected chi connectivity index (χ4v) is 1.72. The minimum Gasteiger partial charge on any atom is -0.328 e. The first-order valence-corrected chi connectivity index (χ1v) is 5.83. The molecule has 0 aliphatic heterocycles. The van der Waals surface area contributed by atoms with Gasteiger partial charge in [0.1, 0.15) is 5.67 Å². The van der Waals surface area contributed by atoms with E-state index in [9.17, 15) is 4.39 Å². The minimum absolute atomic E-state index is 0.0529. The molecule has 0 radical (unpaired) electrons. The summed E-state index contributed by atoms with van der Waals surface area (Å²) in [6.45, 7) is 5.82. The largest absolute Gasteiger partial charge is 0.328 e. The highest BCUT2D eigenvalue weighted by Gasteiger charge is 2.33. The Morgan fingerprint density at radius 1 is 1.56 bits per heavy atom. The summed E-state index contributed by atoms with van der Waals surface area (Å²) in [5, 5.41) is 4.32. The number of rotatable bonds is 5. The highest BCUT2D eigenvalue weighted by Crippen LogP contribution is 2.26. The van der Waals surface area contributed by atoms with Gasteiger partial charge in [-0.3, -0.25) is 4.68 Å². The van der Waals surface area contributed by atoms with Crippen LogP contribution in [0.2, 0.25) is 0 Å². The van der Waals surface area contributed by atoms with Gasteiger partial charge in [0.2, 0.25) is 0 Å². The molecule has 0 spiro atoms. The molecule has 4 heteroatoms. The van der Waals surface area contributed by atoms with Crippen LogP contribution in [0.4, 0.5) is 4.39 Å². The van der Waals surface area contributed by atoms with Crippen LogP contribution >= 0.6 is 0 Å². The number of nitrogens with zero attached hydrogens (tertiary/aromatic N) is 2. The van der Waals surface area contributed by atoms with Gasteiger partial charge >= 0.3 is 0 Å². The van der Waals surface area contributed by atoms with Crippen molar-refractivity contribution in [3.05, 3.63) is 17.5 Å². The van der Waals surface area contributed by atoms with Crippen molar-refractivity contribution in [3.63, 3.8) is 0 Å². The van der Waals surface area contributed by atoms with Crippen LogP contribution in [0.5, 0.6) is 0 Å². The van der Waals surface area contributed by atoms with Gasteiger partial charge < -0.3 is 5.73 Å². The number of alkyl halides is 1. The minimum atomic E-state index is -1.33. The SMILES string of the molecule is CCc1cc(CC(F)(CN)C(C)C)n(C)n1. The van der Waals surface area contributed by atoms with E-state index in [0.717, 1.165) is 17.8 Å². The topological polar surface area (TPSA) is 43.8 Å². The number of aromatic nitrogens is 2. The predicted octanol–water partition coefficient (Wildman–Crippen LogP) is 1.85. The average molecular weight is 227 g/mol. The van der Waals surface area contributed by atoms with Gasteiger partial charge in [0.05, 0.1) is 5.69 Å². The van der Waals surface area contributed by atoms with Gasteiger partial charge in [0.25, 0.3) is 0 Å². The Morgan fingerprint density at radius 3 is 2.56 bits per heavy atom. The van der Waals surface area contributed by atoms with Crippen molar-refractivity contribution >= 4 is 0 Å². The predicted molar refractivity (Wildman–Crippen MR) is 64.0 cm³/mol. The molecule has 1 unspecified atom stereocenters. The second-order valence-electron chi connectivity index (χ2n) is 4.67. The van der Waals surface area contributed by atoms with Crippen LogP contribution in [-0.2, 0) is 19.9 Å². The average Bonchev–Trinajstić information content (AvgIpc) is 2.59. The highest BCUT2D eigenvalue weighted by atomic mass is 19.1. The molecule has 0 saturated heterocycles. The summed E-state index contributed by atoms with van der Waals surface area (Å²) in [6.07, 6.45) is 1.21. The van der Waals surface area contributed by atoms with Gasteiger partial charge in [0.15, 0.2) is 0 Å². The lowest BCUT2D eigenvalue weighted by atomic mass is 9.87. The second-order valence-corrected chi connectivity index (χ2v) is 4.67. The van der Waals surface area contributed by atoms with E-state index in [2.05, 4.69) is 5.10 Å². The molecule has 3 nitrogen and oxygen atoms in total. The molecule has 1 atom stereocenters. The third kappa shape index (κ3) is 2.61. The van der Waals surface area contributed by atoms with Crippen LogP contribution in [0.25, 0.3) is 0 Å². The van der Waals surface area contributed by atoms with Gasteiger partial charge in [0, 0.05) is 25.7 Å². The maximum Gasteiger partial charge on any atom is 0.130 e. The van der Waals surface area contributed by atoms with E-state index in [0.29, 0.717) is 6.42 Å². The molecular formula is C12H22FN3. The van der Waals surface area contributed by atoms with Crippen molar-refractivity contribution in [2.24, 2.45) is 18.7 Å². The van der Waals surface area contributed by atoms with Gasteiger partial charge in [-0.1, -0.05) is 20.8 Å². The number of nitrogens with two attached hydrogens (primary N) is 1. The van der Waals surface area contributed by atoms with Crippen molar-refractivity contribution in [2.45, 2.75) is 39.3 Å². The number of aryl methyl sites for hydroxylation is 2. The summed E-state index contributed by atoms with van der Waals surface area (Å²) in [4.78, 5) is 0. The first-order chi connectivity index (χ1) is 7.42. The quantitative estimate of drug-likeness (QED) is 0.834. The molecule has 2 N–H and O–H groups in total. The molecule has 0 aliphatic carbocycles. The molecule has 1 heterocycles. The van der Waals surface area contributed by atoms with Crippen LogP contribution in [-0.4, -0.2) is 22.0 Å². The fourth-order valence-electron chi connectivity index (χ4n) is 1.72. The van der Waals surface area contributed by atoms with Gasteiger partial charge in [-0.2, -0.15) is 5.10 Å². The van der Waals surface area contributed by atoms with E-state index in [-0.39, 0.29) is 12.5 Å². The molecule has 0 bridgehead atoms. The number of hydrogen-bond acceptors (Lipinski definition) is 2. The van der Waals surface area contributed by atoms with Crippen LogP contribution in [0.1, 0.15) is 32.2 Å². The van der Waals surface area contributed by atoms with Crippen molar-refractivity contribution in [1.29, 1.82) is 0 Å². The van der Waals surface area contributed by atoms with Crippen molar-refractivity contribution in [3.8, 4) is 0 Å². The zero-order valence-corrected chi connectivity index (χ0v) is 10.6. The number of hydrogen-bond donors (Lipinski definition) is 1. The first-order valence-electron chi connectivity index (χ1n) is 5.83. The summed E-state index contributed by atoms with van der Waals surface area (Å²) >= 11 is 0. The van der Waals surface area contributed by atoms with Crippen molar-refractivity contribution in [1.82, 2.24) is 9.78 Å². The lowest BCUT2D eigenvalue weighted by molar-refractivity contribution is 0.108. The molecule has 0 aliphatic rings. The Balaban J connectivity index is 2.89. The third-order valence-electron chi connectivity index (χ3n) is 3.24. The Labute approximate surface area is 96.8 Å². The summed E-state index contributed by atoms with van der Waals surface area (Å²) in [7, 11) is 1.85. The highest BCUT2D eigenvalue weighted by molar-refractivity contribution is 5.13. The summed E-state index contributed by atoms with van der Waals surface area (Å²) in [6, 6.07) is 1.96. The molecule has 16 heavy (non-hydrogen) atoms. The lowest BCUT2D eigenvalue weighted by Crippen LogP contribution is -2.41. The Morgan fingerprint density at radius 2 is 2.19 bits per heavy atom. The lowest BCUT2D eigenvalue weighted by Gasteiger charge is -2.27. The Hall–Kier alpha value is -0.900. The van der Waals surface area contributed by atoms with Crippen LogP contribution in [0, 0.1) is 5.92 Å². The van der Waals surface area contributed by atoms with E-state index in [4.69, 9.17) is 5.73 Å². The van der Waals surface area contributed by atoms with Crippen molar-refractivity contribution in [2.75, 3.05) is 6.54 Å². The van der Waals surface area contributed by atoms with Crippen LogP contribution in [0.3, 0.4) is 0 Å². The van der Waals surface area contributed by atoms with Crippen LogP contribution in [0.15, 0.2) is 6.07 Å². The van der Waals surface area contributed by atoms with Gasteiger partial charge in [-0.05, 0) is 18.4 Å². The fraction of sp³-hybridized carbons (Fsp3) is 0.750. The monoisotopic (exact) mass is 227 g/mol. The third-order valence-corrected chi connectivity index (χ3v) is 3.24. The van der Waals surface area contributed by atoms with E-state index >= 15 is 0 Å². The molecule has 1 aromatic rings. The second kappa shape index (κ2) is 4.95.